The number of aliphatic hydroxyl groups excluding tert-OH is 1. The summed E-state index contributed by atoms with van der Waals surface area (Å²) in [6, 6.07) is 8.30. The average Bonchev–Trinajstić information content (AvgIpc) is 3.22. The number of hydrogen-bond donors (Lipinski definition) is 3. The van der Waals surface area contributed by atoms with E-state index in [4.69, 9.17) is 5.11 Å². The molecule has 0 aromatic heterocycles. The van der Waals surface area contributed by atoms with Gasteiger partial charge in [0.1, 0.15) is 0 Å². The zero-order chi connectivity index (χ0) is 13.7. The molecular weight excluding hydrogens is 240 g/mol. The van der Waals surface area contributed by atoms with E-state index in [0.29, 0.717) is 18.9 Å². The fourth-order valence-electron chi connectivity index (χ4n) is 2.15. The van der Waals surface area contributed by atoms with E-state index in [-0.39, 0.29) is 18.7 Å². The van der Waals surface area contributed by atoms with Crippen molar-refractivity contribution in [2.75, 3.05) is 13.2 Å². The van der Waals surface area contributed by atoms with E-state index in [2.05, 4.69) is 41.8 Å². The summed E-state index contributed by atoms with van der Waals surface area (Å²) in [7, 11) is 0. The topological polar surface area (TPSA) is 61.4 Å². The molecule has 0 heterocycles. The molecule has 1 atom stereocenters. The molecule has 3 N–H and O–H groups in total. The van der Waals surface area contributed by atoms with Crippen molar-refractivity contribution in [3.63, 3.8) is 0 Å². The number of nitrogens with one attached hydrogen (secondary N) is 2. The Morgan fingerprint density at radius 3 is 2.63 bits per heavy atom. The zero-order valence-corrected chi connectivity index (χ0v) is 11.4. The molecule has 19 heavy (non-hydrogen) atoms. The number of aryl methyl sites for hydroxylation is 1. The Morgan fingerprint density at radius 2 is 2.05 bits per heavy atom. The number of amides is 2. The van der Waals surface area contributed by atoms with E-state index >= 15 is 0 Å². The van der Waals surface area contributed by atoms with Gasteiger partial charge in [-0.05, 0) is 37.7 Å². The summed E-state index contributed by atoms with van der Waals surface area (Å²) in [6.45, 7) is 2.67. The van der Waals surface area contributed by atoms with Gasteiger partial charge in [-0.15, -0.1) is 0 Å². The Bertz CT molecular complexity index is 413. The smallest absolute Gasteiger partial charge is 0.315 e. The number of carbonyl (C=O) groups is 1. The molecule has 0 radical (unpaired) electrons. The summed E-state index contributed by atoms with van der Waals surface area (Å²) in [5, 5.41) is 14.5. The van der Waals surface area contributed by atoms with Gasteiger partial charge in [0.2, 0.25) is 0 Å². The lowest BCUT2D eigenvalue weighted by molar-refractivity contribution is 0.233. The second-order valence-corrected chi connectivity index (χ2v) is 5.20. The van der Waals surface area contributed by atoms with Crippen LogP contribution in [0.25, 0.3) is 0 Å². The monoisotopic (exact) mass is 262 g/mol. The summed E-state index contributed by atoms with van der Waals surface area (Å²) >= 11 is 0. The van der Waals surface area contributed by atoms with Crippen molar-refractivity contribution in [1.29, 1.82) is 0 Å². The summed E-state index contributed by atoms with van der Waals surface area (Å²) in [4.78, 5) is 11.8. The van der Waals surface area contributed by atoms with E-state index < -0.39 is 0 Å². The molecule has 1 aliphatic carbocycles. The molecule has 2 amide bonds. The van der Waals surface area contributed by atoms with Crippen LogP contribution in [0.3, 0.4) is 0 Å². The third kappa shape index (κ3) is 4.24. The van der Waals surface area contributed by atoms with Crippen molar-refractivity contribution in [2.45, 2.75) is 32.2 Å². The minimum absolute atomic E-state index is 0.101. The van der Waals surface area contributed by atoms with E-state index in [1.807, 2.05) is 0 Å². The highest BCUT2D eigenvalue weighted by atomic mass is 16.3. The lowest BCUT2D eigenvalue weighted by atomic mass is 10.0. The molecule has 0 aliphatic heterocycles. The van der Waals surface area contributed by atoms with Crippen LogP contribution in [0.2, 0.25) is 0 Å². The minimum atomic E-state index is -0.147. The van der Waals surface area contributed by atoms with Crippen LogP contribution in [-0.2, 0) is 0 Å². The van der Waals surface area contributed by atoms with Gasteiger partial charge < -0.3 is 15.7 Å². The maximum Gasteiger partial charge on any atom is 0.315 e. The fourth-order valence-corrected chi connectivity index (χ4v) is 2.15. The van der Waals surface area contributed by atoms with Gasteiger partial charge in [0.15, 0.2) is 0 Å². The van der Waals surface area contributed by atoms with Gasteiger partial charge in [-0.3, -0.25) is 0 Å². The van der Waals surface area contributed by atoms with Crippen molar-refractivity contribution in [3.8, 4) is 0 Å². The number of benzene rings is 1. The van der Waals surface area contributed by atoms with E-state index in [1.54, 1.807) is 0 Å². The van der Waals surface area contributed by atoms with Gasteiger partial charge in [-0.1, -0.05) is 29.8 Å². The highest BCUT2D eigenvalue weighted by Crippen LogP contribution is 2.40. The largest absolute Gasteiger partial charge is 0.396 e. The van der Waals surface area contributed by atoms with Crippen molar-refractivity contribution in [3.05, 3.63) is 35.4 Å². The normalized spacial score (nSPS) is 15.9. The van der Waals surface area contributed by atoms with Gasteiger partial charge >= 0.3 is 6.03 Å². The Labute approximate surface area is 114 Å². The third-order valence-corrected chi connectivity index (χ3v) is 3.44. The molecule has 1 saturated carbocycles. The summed E-state index contributed by atoms with van der Waals surface area (Å²) < 4.78 is 0. The van der Waals surface area contributed by atoms with E-state index in [9.17, 15) is 4.79 Å². The molecule has 1 unspecified atom stereocenters. The quantitative estimate of drug-likeness (QED) is 0.688. The Hall–Kier alpha value is -1.55. The van der Waals surface area contributed by atoms with Crippen LogP contribution >= 0.6 is 0 Å². The molecule has 4 heteroatoms. The van der Waals surface area contributed by atoms with Gasteiger partial charge in [-0.2, -0.15) is 0 Å². The van der Waals surface area contributed by atoms with Crippen LogP contribution in [0, 0.1) is 12.8 Å². The third-order valence-electron chi connectivity index (χ3n) is 3.44. The number of aliphatic hydroxyl groups is 1. The molecule has 2 rings (SSSR count). The first-order valence-electron chi connectivity index (χ1n) is 6.92. The SMILES string of the molecule is Cc1ccc(C(NC(=O)NCCCO)C2CC2)cc1. The van der Waals surface area contributed by atoms with Gasteiger partial charge in [0.25, 0.3) is 0 Å². The van der Waals surface area contributed by atoms with Crippen LogP contribution in [0.15, 0.2) is 24.3 Å². The number of carbonyl (C=O) groups excluding carboxylic acids is 1. The predicted octanol–water partition coefficient (Wildman–Crippen LogP) is 2.13. The Morgan fingerprint density at radius 1 is 1.37 bits per heavy atom. The molecule has 1 aromatic carbocycles. The highest BCUT2D eigenvalue weighted by molar-refractivity contribution is 5.74. The molecule has 0 saturated heterocycles. The van der Waals surface area contributed by atoms with Crippen molar-refractivity contribution in [1.82, 2.24) is 10.6 Å². The number of rotatable bonds is 6. The van der Waals surface area contributed by atoms with E-state index in [0.717, 1.165) is 0 Å². The minimum Gasteiger partial charge on any atom is -0.396 e. The van der Waals surface area contributed by atoms with Crippen molar-refractivity contribution < 1.29 is 9.90 Å². The first kappa shape index (κ1) is 13.9. The van der Waals surface area contributed by atoms with Gasteiger partial charge in [0.05, 0.1) is 6.04 Å². The summed E-state index contributed by atoms with van der Waals surface area (Å²) in [5.41, 5.74) is 2.40. The predicted molar refractivity (Wildman–Crippen MR) is 74.9 cm³/mol. The van der Waals surface area contributed by atoms with Gasteiger partial charge in [0, 0.05) is 13.2 Å². The van der Waals surface area contributed by atoms with Crippen molar-refractivity contribution in [2.24, 2.45) is 5.92 Å². The Balaban J connectivity index is 1.93. The lowest BCUT2D eigenvalue weighted by Gasteiger charge is -2.19. The second kappa shape index (κ2) is 6.57. The maximum atomic E-state index is 11.8. The molecule has 104 valence electrons. The van der Waals surface area contributed by atoms with Crippen LogP contribution in [-0.4, -0.2) is 24.3 Å². The van der Waals surface area contributed by atoms with Crippen molar-refractivity contribution >= 4 is 6.03 Å². The molecule has 4 nitrogen and oxygen atoms in total. The van der Waals surface area contributed by atoms with Crippen LogP contribution in [0.1, 0.15) is 36.4 Å². The number of urea groups is 1. The summed E-state index contributed by atoms with van der Waals surface area (Å²) in [5.74, 6) is 0.561. The van der Waals surface area contributed by atoms with Crippen LogP contribution in [0.4, 0.5) is 4.79 Å². The molecule has 0 spiro atoms. The standard InChI is InChI=1S/C15H22N2O2/c1-11-3-5-12(6-4-11)14(13-7-8-13)17-15(19)16-9-2-10-18/h3-6,13-14,18H,2,7-10H2,1H3,(H2,16,17,19). The van der Waals surface area contributed by atoms with Gasteiger partial charge in [-0.25, -0.2) is 4.79 Å². The molecule has 0 bridgehead atoms. The average molecular weight is 262 g/mol. The zero-order valence-electron chi connectivity index (χ0n) is 11.4. The second-order valence-electron chi connectivity index (χ2n) is 5.20. The number of hydrogen-bond acceptors (Lipinski definition) is 2. The van der Waals surface area contributed by atoms with Crippen LogP contribution in [0.5, 0.6) is 0 Å². The fraction of sp³-hybridized carbons (Fsp3) is 0.533. The lowest BCUT2D eigenvalue weighted by Crippen LogP contribution is -2.39. The first-order chi connectivity index (χ1) is 9.20. The molecular formula is C15H22N2O2. The maximum absolute atomic E-state index is 11.8. The van der Waals surface area contributed by atoms with Crippen LogP contribution < -0.4 is 10.6 Å². The summed E-state index contributed by atoms with van der Waals surface area (Å²) in [6.07, 6.45) is 2.94. The van der Waals surface area contributed by atoms with E-state index in [1.165, 1.54) is 24.0 Å². The molecule has 1 aliphatic rings. The highest BCUT2D eigenvalue weighted by Gasteiger charge is 2.33. The molecule has 1 fully saturated rings. The molecule has 1 aromatic rings. The Kier molecular flexibility index (Phi) is 4.80. The first-order valence-corrected chi connectivity index (χ1v) is 6.92.